The van der Waals surface area contributed by atoms with Crippen LogP contribution in [-0.2, 0) is 4.74 Å². The third-order valence-electron chi connectivity index (χ3n) is 0.221. The Morgan fingerprint density at radius 1 is 1.80 bits per heavy atom. The van der Waals surface area contributed by atoms with Gasteiger partial charge in [0.25, 0.3) is 0 Å². The highest BCUT2D eigenvalue weighted by Crippen LogP contribution is 1.66. The fourth-order valence-corrected chi connectivity index (χ4v) is 0.0546. The Hall–Kier alpha value is -0.110. The Kier molecular flexibility index (Phi) is 3.80. The number of hydrogen-bond donors (Lipinski definition) is 0. The summed E-state index contributed by atoms with van der Waals surface area (Å²) in [7, 11) is 2.94. The Morgan fingerprint density at radius 3 is 2.40 bits per heavy atom. The van der Waals surface area contributed by atoms with Crippen LogP contribution in [0, 0.1) is 7.11 Å². The maximum Gasteiger partial charge on any atom is 0.113 e. The van der Waals surface area contributed by atoms with Crippen molar-refractivity contribution in [2.24, 2.45) is 0 Å². The third kappa shape index (κ3) is 3.89. The number of halogens is 1. The SMILES string of the molecule is [CH2]OCCF. The van der Waals surface area contributed by atoms with Gasteiger partial charge in [0.1, 0.15) is 6.67 Å². The smallest absolute Gasteiger partial charge is 0.113 e. The van der Waals surface area contributed by atoms with E-state index >= 15 is 0 Å². The van der Waals surface area contributed by atoms with Gasteiger partial charge >= 0.3 is 0 Å². The summed E-state index contributed by atoms with van der Waals surface area (Å²) in [5, 5.41) is 0. The molecule has 0 saturated carbocycles. The lowest BCUT2D eigenvalue weighted by Gasteiger charge is -1.81. The lowest BCUT2D eigenvalue weighted by Crippen LogP contribution is -1.84. The average Bonchev–Trinajstić information content (AvgIpc) is 1.41. The van der Waals surface area contributed by atoms with E-state index in [1.807, 2.05) is 0 Å². The van der Waals surface area contributed by atoms with Gasteiger partial charge in [0, 0.05) is 0 Å². The highest BCUT2D eigenvalue weighted by molar-refractivity contribution is 4.17. The summed E-state index contributed by atoms with van der Waals surface area (Å²) in [6, 6.07) is 0. The monoisotopic (exact) mass is 77.0 g/mol. The molecule has 0 saturated heterocycles. The molecule has 0 fully saturated rings. The van der Waals surface area contributed by atoms with Crippen LogP contribution >= 0.6 is 0 Å². The summed E-state index contributed by atoms with van der Waals surface area (Å²) in [6.45, 7) is -0.330. The summed E-state index contributed by atoms with van der Waals surface area (Å²) in [5.74, 6) is 0. The highest BCUT2D eigenvalue weighted by Gasteiger charge is 1.70. The minimum atomic E-state index is -0.441. The van der Waals surface area contributed by atoms with Crippen LogP contribution in [-0.4, -0.2) is 13.3 Å². The van der Waals surface area contributed by atoms with E-state index in [1.165, 1.54) is 0 Å². The average molecular weight is 77.1 g/mol. The second-order valence-corrected chi connectivity index (χ2v) is 0.597. The summed E-state index contributed by atoms with van der Waals surface area (Å²) in [5.41, 5.74) is 0. The molecule has 0 bridgehead atoms. The van der Waals surface area contributed by atoms with Crippen molar-refractivity contribution in [1.82, 2.24) is 0 Å². The van der Waals surface area contributed by atoms with Gasteiger partial charge in [-0.25, -0.2) is 4.39 Å². The molecule has 1 radical (unpaired) electrons. The van der Waals surface area contributed by atoms with Gasteiger partial charge in [-0.05, 0) is 0 Å². The first-order chi connectivity index (χ1) is 2.41. The maximum atomic E-state index is 10.8. The molecular formula is C3H6FO. The van der Waals surface area contributed by atoms with Crippen LogP contribution in [0.1, 0.15) is 0 Å². The van der Waals surface area contributed by atoms with Gasteiger partial charge < -0.3 is 4.74 Å². The molecule has 0 aliphatic carbocycles. The van der Waals surface area contributed by atoms with E-state index in [4.69, 9.17) is 0 Å². The second kappa shape index (κ2) is 3.89. The van der Waals surface area contributed by atoms with Gasteiger partial charge in [0.15, 0.2) is 0 Å². The first kappa shape index (κ1) is 4.89. The zero-order chi connectivity index (χ0) is 4.12. The van der Waals surface area contributed by atoms with Gasteiger partial charge in [-0.2, -0.15) is 0 Å². The van der Waals surface area contributed by atoms with Crippen molar-refractivity contribution < 1.29 is 9.13 Å². The van der Waals surface area contributed by atoms with Crippen LogP contribution in [0.25, 0.3) is 0 Å². The predicted molar refractivity (Wildman–Crippen MR) is 17.3 cm³/mol. The van der Waals surface area contributed by atoms with Crippen LogP contribution < -0.4 is 0 Å². The van der Waals surface area contributed by atoms with Crippen molar-refractivity contribution in [3.05, 3.63) is 7.11 Å². The highest BCUT2D eigenvalue weighted by atomic mass is 19.1. The molecule has 0 aromatic carbocycles. The number of rotatable bonds is 2. The van der Waals surface area contributed by atoms with Gasteiger partial charge in [-0.1, -0.05) is 0 Å². The zero-order valence-corrected chi connectivity index (χ0v) is 2.91. The third-order valence-corrected chi connectivity index (χ3v) is 0.221. The van der Waals surface area contributed by atoms with Crippen LogP contribution in [0.15, 0.2) is 0 Å². The van der Waals surface area contributed by atoms with Crippen LogP contribution in [0.2, 0.25) is 0 Å². The predicted octanol–water partition coefficient (Wildman–Crippen LogP) is 0.764. The molecule has 0 rings (SSSR count). The fraction of sp³-hybridized carbons (Fsp3) is 0.667. The van der Waals surface area contributed by atoms with Crippen LogP contribution in [0.3, 0.4) is 0 Å². The Labute approximate surface area is 30.7 Å². The summed E-state index contributed by atoms with van der Waals surface area (Å²) in [4.78, 5) is 0. The number of hydrogen-bond acceptors (Lipinski definition) is 1. The van der Waals surface area contributed by atoms with Crippen molar-refractivity contribution in [2.75, 3.05) is 13.3 Å². The summed E-state index contributed by atoms with van der Waals surface area (Å²) >= 11 is 0. The minimum Gasteiger partial charge on any atom is -0.376 e. The second-order valence-electron chi connectivity index (χ2n) is 0.597. The van der Waals surface area contributed by atoms with E-state index in [0.29, 0.717) is 0 Å². The quantitative estimate of drug-likeness (QED) is 0.473. The molecule has 0 unspecified atom stereocenters. The standard InChI is InChI=1S/C3H6FO/c1-5-3-2-4/h1-3H2. The van der Waals surface area contributed by atoms with E-state index in [-0.39, 0.29) is 6.61 Å². The van der Waals surface area contributed by atoms with E-state index in [1.54, 1.807) is 0 Å². The number of ether oxygens (including phenoxy) is 1. The maximum absolute atomic E-state index is 10.8. The van der Waals surface area contributed by atoms with Crippen molar-refractivity contribution >= 4 is 0 Å². The molecule has 0 N–H and O–H groups in total. The molecule has 0 aromatic heterocycles. The van der Waals surface area contributed by atoms with Crippen molar-refractivity contribution in [2.45, 2.75) is 0 Å². The largest absolute Gasteiger partial charge is 0.376 e. The molecule has 0 aromatic rings. The topological polar surface area (TPSA) is 9.23 Å². The van der Waals surface area contributed by atoms with Crippen LogP contribution in [0.4, 0.5) is 4.39 Å². The van der Waals surface area contributed by atoms with Crippen molar-refractivity contribution in [3.63, 3.8) is 0 Å². The van der Waals surface area contributed by atoms with Gasteiger partial charge in [-0.3, -0.25) is 0 Å². The van der Waals surface area contributed by atoms with E-state index in [9.17, 15) is 4.39 Å². The molecule has 0 aliphatic rings. The summed E-state index contributed by atoms with van der Waals surface area (Å²) in [6.07, 6.45) is 0. The van der Waals surface area contributed by atoms with Gasteiger partial charge in [-0.15, -0.1) is 0 Å². The molecule has 0 amide bonds. The van der Waals surface area contributed by atoms with E-state index < -0.39 is 6.67 Å². The lowest BCUT2D eigenvalue weighted by molar-refractivity contribution is 0.212. The Balaban J connectivity index is 2.19. The molecule has 1 nitrogen and oxygen atoms in total. The molecular weight excluding hydrogens is 71.0 g/mol. The molecule has 0 aliphatic heterocycles. The van der Waals surface area contributed by atoms with Crippen LogP contribution in [0.5, 0.6) is 0 Å². The van der Waals surface area contributed by atoms with E-state index in [2.05, 4.69) is 11.8 Å². The van der Waals surface area contributed by atoms with Gasteiger partial charge in [0.05, 0.1) is 13.7 Å². The molecule has 2 heteroatoms. The lowest BCUT2D eigenvalue weighted by atomic mass is 10.8. The van der Waals surface area contributed by atoms with Crippen molar-refractivity contribution in [3.8, 4) is 0 Å². The first-order valence-electron chi connectivity index (χ1n) is 1.34. The Bertz CT molecular complexity index is 14.4. The number of alkyl halides is 1. The fourth-order valence-electron chi connectivity index (χ4n) is 0.0546. The molecule has 0 atom stereocenters. The van der Waals surface area contributed by atoms with E-state index in [0.717, 1.165) is 0 Å². The normalized spacial score (nSPS) is 8.40. The summed E-state index contributed by atoms with van der Waals surface area (Å²) < 4.78 is 14.9. The molecule has 0 spiro atoms. The molecule has 31 valence electrons. The Morgan fingerprint density at radius 2 is 2.40 bits per heavy atom. The first-order valence-corrected chi connectivity index (χ1v) is 1.34. The minimum absolute atomic E-state index is 0.111. The zero-order valence-electron chi connectivity index (χ0n) is 2.91. The van der Waals surface area contributed by atoms with Crippen molar-refractivity contribution in [1.29, 1.82) is 0 Å². The van der Waals surface area contributed by atoms with Gasteiger partial charge in [0.2, 0.25) is 0 Å². The molecule has 5 heavy (non-hydrogen) atoms. The molecule has 0 heterocycles.